The van der Waals surface area contributed by atoms with Crippen LogP contribution < -0.4 is 15.5 Å². The number of para-hydroxylation sites is 2. The molecule has 0 aromatic heterocycles. The molecule has 3 aromatic carbocycles. The molecule has 0 saturated heterocycles. The maximum Gasteiger partial charge on any atom is 0.416 e. The van der Waals surface area contributed by atoms with Gasteiger partial charge in [-0.15, -0.1) is 0 Å². The van der Waals surface area contributed by atoms with Crippen molar-refractivity contribution in [1.82, 2.24) is 0 Å². The van der Waals surface area contributed by atoms with E-state index in [0.717, 1.165) is 12.1 Å². The summed E-state index contributed by atoms with van der Waals surface area (Å²) in [6.45, 7) is 0. The summed E-state index contributed by atoms with van der Waals surface area (Å²) in [5.41, 5.74) is 0.0293. The average molecular weight is 488 g/mol. The second-order valence-corrected chi connectivity index (χ2v) is 7.97. The highest BCUT2D eigenvalue weighted by atomic mass is 35.5. The van der Waals surface area contributed by atoms with Crippen LogP contribution in [0.15, 0.2) is 72.8 Å². The molecule has 4 rings (SSSR count). The number of benzene rings is 3. The van der Waals surface area contributed by atoms with Gasteiger partial charge in [0, 0.05) is 16.3 Å². The van der Waals surface area contributed by atoms with E-state index in [4.69, 9.17) is 11.6 Å². The second kappa shape index (κ2) is 9.18. The zero-order valence-corrected chi connectivity index (χ0v) is 18.2. The summed E-state index contributed by atoms with van der Waals surface area (Å²) in [6, 6.07) is 15.6. The van der Waals surface area contributed by atoms with Crippen molar-refractivity contribution in [3.8, 4) is 0 Å². The lowest BCUT2D eigenvalue weighted by atomic mass is 10.0. The summed E-state index contributed by atoms with van der Waals surface area (Å²) in [4.78, 5) is 40.2. The van der Waals surface area contributed by atoms with E-state index in [0.29, 0.717) is 16.4 Å². The molecule has 0 fully saturated rings. The molecule has 0 saturated carbocycles. The highest BCUT2D eigenvalue weighted by Gasteiger charge is 2.38. The smallest absolute Gasteiger partial charge is 0.326 e. The first kappa shape index (κ1) is 23.3. The van der Waals surface area contributed by atoms with Crippen molar-refractivity contribution in [3.63, 3.8) is 0 Å². The van der Waals surface area contributed by atoms with Gasteiger partial charge in [0.1, 0.15) is 6.04 Å². The van der Waals surface area contributed by atoms with Crippen LogP contribution in [0.5, 0.6) is 0 Å². The zero-order valence-electron chi connectivity index (χ0n) is 17.4. The zero-order chi connectivity index (χ0) is 24.5. The van der Waals surface area contributed by atoms with E-state index >= 15 is 0 Å². The van der Waals surface area contributed by atoms with Crippen LogP contribution in [0.2, 0.25) is 5.02 Å². The van der Waals surface area contributed by atoms with Crippen molar-refractivity contribution >= 4 is 46.4 Å². The molecule has 1 heterocycles. The quantitative estimate of drug-likeness (QED) is 0.520. The minimum atomic E-state index is -4.57. The number of amides is 3. The third-order valence-electron chi connectivity index (χ3n) is 5.20. The van der Waals surface area contributed by atoms with Gasteiger partial charge in [-0.1, -0.05) is 29.8 Å². The van der Waals surface area contributed by atoms with Gasteiger partial charge in [0.05, 0.1) is 23.4 Å². The van der Waals surface area contributed by atoms with E-state index in [9.17, 15) is 27.6 Å². The fourth-order valence-corrected chi connectivity index (χ4v) is 3.74. The van der Waals surface area contributed by atoms with Gasteiger partial charge in [0.2, 0.25) is 11.8 Å². The number of carbonyl (C=O) groups is 3. The third-order valence-corrected chi connectivity index (χ3v) is 5.45. The molecule has 0 bridgehead atoms. The standard InChI is InChI=1S/C24H17ClF3N3O3/c25-16-10-8-14(9-11-16)23(34)31-19-7-2-1-6-18(19)30-22(33)20(31)13-21(32)29-17-5-3-4-15(12-17)24(26,27)28/h1-12,20H,13H2,(H,29,32)(H,30,33)/t20-/m0/s1. The molecule has 1 atom stereocenters. The highest BCUT2D eigenvalue weighted by Crippen LogP contribution is 2.35. The number of nitrogens with zero attached hydrogens (tertiary/aromatic N) is 1. The lowest BCUT2D eigenvalue weighted by Gasteiger charge is -2.36. The van der Waals surface area contributed by atoms with Crippen molar-refractivity contribution in [1.29, 1.82) is 0 Å². The molecule has 1 aliphatic heterocycles. The van der Waals surface area contributed by atoms with Crippen molar-refractivity contribution in [2.75, 3.05) is 15.5 Å². The number of nitrogens with one attached hydrogen (secondary N) is 2. The Hall–Kier alpha value is -3.85. The summed E-state index contributed by atoms with van der Waals surface area (Å²) >= 11 is 5.91. The van der Waals surface area contributed by atoms with Crippen LogP contribution in [0.25, 0.3) is 0 Å². The van der Waals surface area contributed by atoms with Gasteiger partial charge in [0.25, 0.3) is 5.91 Å². The topological polar surface area (TPSA) is 78.5 Å². The normalized spacial score (nSPS) is 15.4. The van der Waals surface area contributed by atoms with E-state index in [1.54, 1.807) is 24.3 Å². The number of anilines is 3. The summed E-state index contributed by atoms with van der Waals surface area (Å²) in [5.74, 6) is -1.86. The Kier molecular flexibility index (Phi) is 6.30. The first-order valence-electron chi connectivity index (χ1n) is 10.1. The molecule has 3 amide bonds. The van der Waals surface area contributed by atoms with Gasteiger partial charge in [0.15, 0.2) is 0 Å². The molecule has 2 N–H and O–H groups in total. The molecule has 34 heavy (non-hydrogen) atoms. The van der Waals surface area contributed by atoms with Gasteiger partial charge in [-0.2, -0.15) is 13.2 Å². The Balaban J connectivity index is 1.62. The molecule has 0 radical (unpaired) electrons. The van der Waals surface area contributed by atoms with Crippen LogP contribution in [-0.2, 0) is 15.8 Å². The minimum Gasteiger partial charge on any atom is -0.326 e. The van der Waals surface area contributed by atoms with Crippen molar-refractivity contribution in [2.24, 2.45) is 0 Å². The maximum absolute atomic E-state index is 13.4. The number of halogens is 4. The second-order valence-electron chi connectivity index (χ2n) is 7.54. The Bertz CT molecular complexity index is 1260. The van der Waals surface area contributed by atoms with Crippen molar-refractivity contribution in [2.45, 2.75) is 18.6 Å². The average Bonchev–Trinajstić information content (AvgIpc) is 2.79. The van der Waals surface area contributed by atoms with Crippen LogP contribution in [0.3, 0.4) is 0 Å². The Morgan fingerprint density at radius 2 is 1.71 bits per heavy atom. The molecular formula is C24H17ClF3N3O3. The van der Waals surface area contributed by atoms with Gasteiger partial charge in [-0.25, -0.2) is 0 Å². The lowest BCUT2D eigenvalue weighted by Crippen LogP contribution is -2.52. The highest BCUT2D eigenvalue weighted by molar-refractivity contribution is 6.30. The number of carbonyl (C=O) groups excluding carboxylic acids is 3. The lowest BCUT2D eigenvalue weighted by molar-refractivity contribution is -0.137. The Morgan fingerprint density at radius 1 is 1.00 bits per heavy atom. The molecule has 0 aliphatic carbocycles. The summed E-state index contributed by atoms with van der Waals surface area (Å²) < 4.78 is 38.9. The van der Waals surface area contributed by atoms with Crippen molar-refractivity contribution in [3.05, 3.63) is 88.9 Å². The first-order valence-corrected chi connectivity index (χ1v) is 10.5. The largest absolute Gasteiger partial charge is 0.416 e. The van der Waals surface area contributed by atoms with E-state index in [1.165, 1.54) is 41.3 Å². The van der Waals surface area contributed by atoms with Gasteiger partial charge < -0.3 is 10.6 Å². The van der Waals surface area contributed by atoms with Crippen LogP contribution in [-0.4, -0.2) is 23.8 Å². The number of rotatable bonds is 4. The number of alkyl halides is 3. The monoisotopic (exact) mass is 487 g/mol. The fourth-order valence-electron chi connectivity index (χ4n) is 3.62. The number of hydrogen-bond acceptors (Lipinski definition) is 3. The van der Waals surface area contributed by atoms with Crippen LogP contribution in [0.4, 0.5) is 30.2 Å². The number of fused-ring (bicyclic) bond motifs is 1. The Labute approximate surface area is 197 Å². The SMILES string of the molecule is O=C(C[C@H]1C(=O)Nc2ccccc2N1C(=O)c1ccc(Cl)cc1)Nc1cccc(C(F)(F)F)c1. The van der Waals surface area contributed by atoms with Crippen LogP contribution >= 0.6 is 11.6 Å². The summed E-state index contributed by atoms with van der Waals surface area (Å²) in [5, 5.41) is 5.47. The van der Waals surface area contributed by atoms with Gasteiger partial charge >= 0.3 is 6.18 Å². The molecule has 0 unspecified atom stereocenters. The molecule has 174 valence electrons. The summed E-state index contributed by atoms with van der Waals surface area (Å²) in [7, 11) is 0. The van der Waals surface area contributed by atoms with E-state index < -0.39 is 41.9 Å². The van der Waals surface area contributed by atoms with Crippen LogP contribution in [0.1, 0.15) is 22.3 Å². The predicted octanol–water partition coefficient (Wildman–Crippen LogP) is 5.36. The van der Waals surface area contributed by atoms with E-state index in [2.05, 4.69) is 10.6 Å². The maximum atomic E-state index is 13.4. The molecule has 6 nitrogen and oxygen atoms in total. The van der Waals surface area contributed by atoms with E-state index in [-0.39, 0.29) is 11.3 Å². The van der Waals surface area contributed by atoms with E-state index in [1.807, 2.05) is 0 Å². The number of hydrogen-bond donors (Lipinski definition) is 2. The fraction of sp³-hybridized carbons (Fsp3) is 0.125. The van der Waals surface area contributed by atoms with Gasteiger partial charge in [-0.05, 0) is 54.6 Å². The minimum absolute atomic E-state index is 0.0768. The first-order chi connectivity index (χ1) is 16.1. The van der Waals surface area contributed by atoms with Crippen LogP contribution in [0, 0.1) is 0 Å². The third kappa shape index (κ3) is 4.89. The molecule has 3 aromatic rings. The summed E-state index contributed by atoms with van der Waals surface area (Å²) in [6.07, 6.45) is -5.05. The van der Waals surface area contributed by atoms with Crippen molar-refractivity contribution < 1.29 is 27.6 Å². The predicted molar refractivity (Wildman–Crippen MR) is 122 cm³/mol. The molecular weight excluding hydrogens is 471 g/mol. The molecule has 1 aliphatic rings. The van der Waals surface area contributed by atoms with Gasteiger partial charge in [-0.3, -0.25) is 19.3 Å². The molecule has 0 spiro atoms. The Morgan fingerprint density at radius 3 is 2.41 bits per heavy atom. The molecule has 10 heteroatoms.